The van der Waals surface area contributed by atoms with Gasteiger partial charge in [-0.05, 0) is 24.3 Å². The molecule has 1 amide bonds. The zero-order chi connectivity index (χ0) is 14.9. The van der Waals surface area contributed by atoms with E-state index in [4.69, 9.17) is 5.73 Å². The summed E-state index contributed by atoms with van der Waals surface area (Å²) in [5, 5.41) is 11.6. The second kappa shape index (κ2) is 5.12. The molecule has 0 aliphatic carbocycles. The molecule has 0 aromatic heterocycles. The molecule has 0 bridgehead atoms. The maximum absolute atomic E-state index is 13.4. The largest absolute Gasteiger partial charge is 0.505 e. The lowest BCUT2D eigenvalue weighted by Crippen LogP contribution is -2.14. The van der Waals surface area contributed by atoms with E-state index in [9.17, 15) is 23.1 Å². The number of hydrogen-bond acceptors (Lipinski definition) is 3. The number of phenolic OH excluding ortho intramolecular Hbond substituents is 1. The van der Waals surface area contributed by atoms with E-state index in [2.05, 4.69) is 0 Å². The van der Waals surface area contributed by atoms with Gasteiger partial charge in [-0.25, -0.2) is 13.2 Å². The van der Waals surface area contributed by atoms with Crippen molar-refractivity contribution in [2.24, 2.45) is 0 Å². The van der Waals surface area contributed by atoms with Crippen LogP contribution >= 0.6 is 0 Å². The molecule has 0 atom stereocenters. The van der Waals surface area contributed by atoms with Crippen LogP contribution in [0.4, 0.5) is 24.5 Å². The predicted octanol–water partition coefficient (Wildman–Crippen LogP) is 2.64. The van der Waals surface area contributed by atoms with Crippen molar-refractivity contribution in [2.45, 2.75) is 0 Å². The minimum Gasteiger partial charge on any atom is -0.505 e. The standard InChI is InChI=1S/C13H9F3N2O2/c14-7-4-5-9(11(16)10(7)15)18-13(20)6-2-1-3-8(17)12(6)19/h1-5,19H,17H2,(H,18,20). The summed E-state index contributed by atoms with van der Waals surface area (Å²) in [6.45, 7) is 0. The molecule has 4 nitrogen and oxygen atoms in total. The first-order valence-corrected chi connectivity index (χ1v) is 5.44. The average Bonchev–Trinajstić information content (AvgIpc) is 2.42. The van der Waals surface area contributed by atoms with Gasteiger partial charge >= 0.3 is 0 Å². The van der Waals surface area contributed by atoms with Crippen molar-refractivity contribution >= 4 is 17.3 Å². The number of nitrogen functional groups attached to an aromatic ring is 1. The molecule has 2 aromatic rings. The lowest BCUT2D eigenvalue weighted by Gasteiger charge is -2.09. The molecule has 0 spiro atoms. The van der Waals surface area contributed by atoms with Crippen LogP contribution in [-0.2, 0) is 0 Å². The normalized spacial score (nSPS) is 10.3. The Morgan fingerprint density at radius 2 is 1.80 bits per heavy atom. The number of halogens is 3. The van der Waals surface area contributed by atoms with E-state index in [1.807, 2.05) is 5.32 Å². The molecule has 0 saturated carbocycles. The molecule has 2 rings (SSSR count). The number of carbonyl (C=O) groups excluding carboxylic acids is 1. The minimum absolute atomic E-state index is 0.0385. The quantitative estimate of drug-likeness (QED) is 0.450. The van der Waals surface area contributed by atoms with Gasteiger partial charge in [-0.3, -0.25) is 4.79 Å². The number of hydrogen-bond donors (Lipinski definition) is 3. The highest BCUT2D eigenvalue weighted by atomic mass is 19.2. The zero-order valence-corrected chi connectivity index (χ0v) is 9.95. The van der Waals surface area contributed by atoms with E-state index in [0.717, 1.165) is 6.07 Å². The van der Waals surface area contributed by atoms with Crippen LogP contribution in [0.15, 0.2) is 30.3 Å². The van der Waals surface area contributed by atoms with Crippen LogP contribution in [0.1, 0.15) is 10.4 Å². The summed E-state index contributed by atoms with van der Waals surface area (Å²) >= 11 is 0. The van der Waals surface area contributed by atoms with E-state index in [1.165, 1.54) is 18.2 Å². The fourth-order valence-corrected chi connectivity index (χ4v) is 1.56. The Hall–Kier alpha value is -2.70. The van der Waals surface area contributed by atoms with E-state index in [0.29, 0.717) is 6.07 Å². The molecule has 20 heavy (non-hydrogen) atoms. The van der Waals surface area contributed by atoms with Gasteiger partial charge in [0.15, 0.2) is 23.2 Å². The summed E-state index contributed by atoms with van der Waals surface area (Å²) in [6.07, 6.45) is 0. The van der Waals surface area contributed by atoms with E-state index in [1.54, 1.807) is 0 Å². The highest BCUT2D eigenvalue weighted by Crippen LogP contribution is 2.26. The summed E-state index contributed by atoms with van der Waals surface area (Å²) in [6, 6.07) is 5.57. The second-order valence-corrected chi connectivity index (χ2v) is 3.92. The first-order chi connectivity index (χ1) is 9.41. The fourth-order valence-electron chi connectivity index (χ4n) is 1.56. The Kier molecular flexibility index (Phi) is 3.51. The molecule has 7 heteroatoms. The van der Waals surface area contributed by atoms with Gasteiger partial charge in [-0.15, -0.1) is 0 Å². The van der Waals surface area contributed by atoms with Crippen LogP contribution in [0.2, 0.25) is 0 Å². The Balaban J connectivity index is 2.33. The van der Waals surface area contributed by atoms with Crippen LogP contribution < -0.4 is 11.1 Å². The maximum atomic E-state index is 13.4. The topological polar surface area (TPSA) is 75.4 Å². The van der Waals surface area contributed by atoms with Gasteiger partial charge in [0.1, 0.15) is 0 Å². The van der Waals surface area contributed by atoms with E-state index in [-0.39, 0.29) is 11.3 Å². The number of amides is 1. The monoisotopic (exact) mass is 282 g/mol. The summed E-state index contributed by atoms with van der Waals surface area (Å²) < 4.78 is 39.2. The molecule has 0 unspecified atom stereocenters. The predicted molar refractivity (Wildman–Crippen MR) is 66.8 cm³/mol. The Labute approximate surface area is 111 Å². The third kappa shape index (κ3) is 2.37. The highest BCUT2D eigenvalue weighted by molar-refractivity contribution is 6.07. The zero-order valence-electron chi connectivity index (χ0n) is 9.95. The van der Waals surface area contributed by atoms with Crippen molar-refractivity contribution in [3.8, 4) is 5.75 Å². The molecule has 4 N–H and O–H groups in total. The number of rotatable bonds is 2. The number of benzene rings is 2. The summed E-state index contributed by atoms with van der Waals surface area (Å²) in [5.74, 6) is -5.97. The SMILES string of the molecule is Nc1cccc(C(=O)Nc2ccc(F)c(F)c2F)c1O. The van der Waals surface area contributed by atoms with Crippen LogP contribution in [0.3, 0.4) is 0 Å². The molecule has 0 saturated heterocycles. The van der Waals surface area contributed by atoms with Gasteiger partial charge < -0.3 is 16.2 Å². The lowest BCUT2D eigenvalue weighted by atomic mass is 10.1. The van der Waals surface area contributed by atoms with E-state index >= 15 is 0 Å². The highest BCUT2D eigenvalue weighted by Gasteiger charge is 2.18. The van der Waals surface area contributed by atoms with Crippen LogP contribution in [-0.4, -0.2) is 11.0 Å². The molecular formula is C13H9F3N2O2. The third-order valence-electron chi connectivity index (χ3n) is 2.60. The molecule has 0 aliphatic heterocycles. The molecule has 104 valence electrons. The van der Waals surface area contributed by atoms with Gasteiger partial charge in [-0.1, -0.05) is 6.07 Å². The van der Waals surface area contributed by atoms with Crippen LogP contribution in [0.5, 0.6) is 5.75 Å². The third-order valence-corrected chi connectivity index (χ3v) is 2.60. The summed E-state index contributed by atoms with van der Waals surface area (Å²) in [7, 11) is 0. The van der Waals surface area contributed by atoms with Gasteiger partial charge in [-0.2, -0.15) is 0 Å². The van der Waals surface area contributed by atoms with Crippen LogP contribution in [0, 0.1) is 17.5 Å². The Morgan fingerprint density at radius 3 is 2.50 bits per heavy atom. The number of phenols is 1. The van der Waals surface area contributed by atoms with Crippen molar-refractivity contribution in [3.63, 3.8) is 0 Å². The average molecular weight is 282 g/mol. The number of carbonyl (C=O) groups is 1. The van der Waals surface area contributed by atoms with E-state index < -0.39 is 34.8 Å². The minimum atomic E-state index is -1.69. The number of anilines is 2. The van der Waals surface area contributed by atoms with Crippen molar-refractivity contribution in [3.05, 3.63) is 53.3 Å². The molecule has 2 aromatic carbocycles. The second-order valence-electron chi connectivity index (χ2n) is 3.92. The van der Waals surface area contributed by atoms with Crippen molar-refractivity contribution in [2.75, 3.05) is 11.1 Å². The number of aromatic hydroxyl groups is 1. The number of nitrogens with two attached hydrogens (primary N) is 1. The molecule has 0 radical (unpaired) electrons. The molecule has 0 aliphatic rings. The molecule has 0 fully saturated rings. The van der Waals surface area contributed by atoms with Gasteiger partial charge in [0.2, 0.25) is 0 Å². The van der Waals surface area contributed by atoms with Crippen LogP contribution in [0.25, 0.3) is 0 Å². The Bertz CT molecular complexity index is 690. The van der Waals surface area contributed by atoms with Crippen molar-refractivity contribution in [1.82, 2.24) is 0 Å². The van der Waals surface area contributed by atoms with Gasteiger partial charge in [0.25, 0.3) is 5.91 Å². The van der Waals surface area contributed by atoms with Crippen molar-refractivity contribution < 1.29 is 23.1 Å². The Morgan fingerprint density at radius 1 is 1.10 bits per heavy atom. The first kappa shape index (κ1) is 13.7. The summed E-state index contributed by atoms with van der Waals surface area (Å²) in [4.78, 5) is 11.8. The molecule has 0 heterocycles. The van der Waals surface area contributed by atoms with Gasteiger partial charge in [0, 0.05) is 0 Å². The lowest BCUT2D eigenvalue weighted by molar-refractivity contribution is 0.102. The maximum Gasteiger partial charge on any atom is 0.259 e. The first-order valence-electron chi connectivity index (χ1n) is 5.44. The number of nitrogens with one attached hydrogen (secondary N) is 1. The smallest absolute Gasteiger partial charge is 0.259 e. The van der Waals surface area contributed by atoms with Gasteiger partial charge in [0.05, 0.1) is 16.9 Å². The number of para-hydroxylation sites is 1. The molecular weight excluding hydrogens is 273 g/mol. The van der Waals surface area contributed by atoms with Crippen molar-refractivity contribution in [1.29, 1.82) is 0 Å². The summed E-state index contributed by atoms with van der Waals surface area (Å²) in [5.41, 5.74) is 4.61. The fraction of sp³-hybridized carbons (Fsp3) is 0.